The second kappa shape index (κ2) is 13.7. The van der Waals surface area contributed by atoms with Crippen molar-refractivity contribution in [3.8, 4) is 5.75 Å². The van der Waals surface area contributed by atoms with Crippen molar-refractivity contribution in [3.63, 3.8) is 0 Å². The Morgan fingerprint density at radius 3 is 2.58 bits per heavy atom. The Bertz CT molecular complexity index is 749. The highest BCUT2D eigenvalue weighted by atomic mass is 35.5. The number of piperidine rings is 1. The van der Waals surface area contributed by atoms with Gasteiger partial charge in [-0.1, -0.05) is 48.5 Å². The third kappa shape index (κ3) is 7.44. The summed E-state index contributed by atoms with van der Waals surface area (Å²) in [6, 6.07) is 19.3. The standard InChI is InChI=1S/C25H34F2N2O.ClH/c1-30-24-15-6-5-12-21(24)19-28-23-14-9-17-29(16-8-7-13-22(27)18-26)25(23)20-10-3-2-4-11-20;/h2-6,10-12,15,22-23,25,28H,7-9,13-14,16-19H2,1H3;1H/t22?,23-,25-;/m0./s1. The lowest BCUT2D eigenvalue weighted by atomic mass is 9.89. The van der Waals surface area contributed by atoms with Crippen molar-refractivity contribution in [1.29, 1.82) is 0 Å². The summed E-state index contributed by atoms with van der Waals surface area (Å²) in [5, 5.41) is 3.78. The zero-order chi connectivity index (χ0) is 21.2. The summed E-state index contributed by atoms with van der Waals surface area (Å²) < 4.78 is 31.1. The quantitative estimate of drug-likeness (QED) is 0.430. The van der Waals surface area contributed by atoms with Crippen molar-refractivity contribution < 1.29 is 13.5 Å². The van der Waals surface area contributed by atoms with E-state index in [1.807, 2.05) is 24.3 Å². The number of hydrogen-bond acceptors (Lipinski definition) is 3. The van der Waals surface area contributed by atoms with E-state index in [1.165, 1.54) is 5.56 Å². The highest BCUT2D eigenvalue weighted by Gasteiger charge is 2.32. The average Bonchev–Trinajstić information content (AvgIpc) is 2.81. The summed E-state index contributed by atoms with van der Waals surface area (Å²) in [5.74, 6) is 0.905. The van der Waals surface area contributed by atoms with Crippen LogP contribution in [0.15, 0.2) is 54.6 Å². The molecule has 2 aromatic rings. The van der Waals surface area contributed by atoms with E-state index in [-0.39, 0.29) is 18.4 Å². The fraction of sp³-hybridized carbons (Fsp3) is 0.520. The zero-order valence-corrected chi connectivity index (χ0v) is 19.1. The van der Waals surface area contributed by atoms with Crippen molar-refractivity contribution >= 4 is 12.4 Å². The molecule has 1 saturated heterocycles. The summed E-state index contributed by atoms with van der Waals surface area (Å²) >= 11 is 0. The Labute approximate surface area is 191 Å². The number of likely N-dealkylation sites (tertiary alicyclic amines) is 1. The summed E-state index contributed by atoms with van der Waals surface area (Å²) in [5.41, 5.74) is 2.46. The van der Waals surface area contributed by atoms with E-state index in [0.717, 1.165) is 56.6 Å². The van der Waals surface area contributed by atoms with E-state index in [9.17, 15) is 8.78 Å². The second-order valence-corrected chi connectivity index (χ2v) is 8.08. The number of methoxy groups -OCH3 is 1. The number of hydrogen-bond donors (Lipinski definition) is 1. The predicted molar refractivity (Wildman–Crippen MR) is 126 cm³/mol. The third-order valence-electron chi connectivity index (χ3n) is 6.00. The van der Waals surface area contributed by atoms with Crippen LogP contribution in [0.25, 0.3) is 0 Å². The highest BCUT2D eigenvalue weighted by Crippen LogP contribution is 2.32. The minimum absolute atomic E-state index is 0. The molecule has 1 fully saturated rings. The number of unbranched alkanes of at least 4 members (excludes halogenated alkanes) is 1. The molecule has 1 aliphatic heterocycles. The van der Waals surface area contributed by atoms with Gasteiger partial charge in [-0.25, -0.2) is 8.78 Å². The van der Waals surface area contributed by atoms with Crippen molar-refractivity contribution in [1.82, 2.24) is 10.2 Å². The first-order chi connectivity index (χ1) is 14.7. The molecule has 6 heteroatoms. The van der Waals surface area contributed by atoms with Crippen molar-refractivity contribution in [2.45, 2.75) is 56.9 Å². The minimum Gasteiger partial charge on any atom is -0.496 e. The van der Waals surface area contributed by atoms with E-state index in [2.05, 4.69) is 40.5 Å². The lowest BCUT2D eigenvalue weighted by Crippen LogP contribution is -2.48. The van der Waals surface area contributed by atoms with Gasteiger partial charge in [0.2, 0.25) is 0 Å². The van der Waals surface area contributed by atoms with Gasteiger partial charge < -0.3 is 10.1 Å². The van der Waals surface area contributed by atoms with Gasteiger partial charge in [-0.05, 0) is 56.8 Å². The Kier molecular flexibility index (Phi) is 11.3. The molecule has 1 unspecified atom stereocenters. The van der Waals surface area contributed by atoms with Crippen molar-refractivity contribution in [3.05, 3.63) is 65.7 Å². The number of para-hydroxylation sites is 1. The van der Waals surface area contributed by atoms with Crippen LogP contribution in [-0.2, 0) is 6.54 Å². The summed E-state index contributed by atoms with van der Waals surface area (Å²) in [4.78, 5) is 2.52. The molecule has 0 aliphatic carbocycles. The molecule has 0 radical (unpaired) electrons. The van der Waals surface area contributed by atoms with Crippen LogP contribution in [0.2, 0.25) is 0 Å². The number of nitrogens with zero attached hydrogens (tertiary/aromatic N) is 1. The molecule has 0 bridgehead atoms. The first kappa shape index (κ1) is 25.6. The Hall–Kier alpha value is -1.69. The molecule has 3 nitrogen and oxygen atoms in total. The number of halogens is 3. The van der Waals surface area contributed by atoms with Crippen LogP contribution >= 0.6 is 12.4 Å². The van der Waals surface area contributed by atoms with Crippen LogP contribution in [0.5, 0.6) is 5.75 Å². The van der Waals surface area contributed by atoms with Gasteiger partial charge in [-0.15, -0.1) is 12.4 Å². The van der Waals surface area contributed by atoms with E-state index in [1.54, 1.807) is 7.11 Å². The molecule has 1 aliphatic rings. The predicted octanol–water partition coefficient (Wildman–Crippen LogP) is 5.89. The van der Waals surface area contributed by atoms with E-state index in [0.29, 0.717) is 12.5 Å². The van der Waals surface area contributed by atoms with E-state index < -0.39 is 12.8 Å². The Morgan fingerprint density at radius 1 is 1.10 bits per heavy atom. The van der Waals surface area contributed by atoms with Gasteiger partial charge in [0.25, 0.3) is 0 Å². The van der Waals surface area contributed by atoms with Gasteiger partial charge in [-0.2, -0.15) is 0 Å². The molecule has 31 heavy (non-hydrogen) atoms. The van der Waals surface area contributed by atoms with Gasteiger partial charge >= 0.3 is 0 Å². The number of nitrogens with one attached hydrogen (secondary N) is 1. The maximum Gasteiger partial charge on any atom is 0.128 e. The third-order valence-corrected chi connectivity index (χ3v) is 6.00. The van der Waals surface area contributed by atoms with Crippen molar-refractivity contribution in [2.24, 2.45) is 0 Å². The Balaban J connectivity index is 0.00000341. The molecular formula is C25H35ClF2N2O. The minimum atomic E-state index is -1.31. The molecule has 1 N–H and O–H groups in total. The molecule has 0 aromatic heterocycles. The topological polar surface area (TPSA) is 24.5 Å². The first-order valence-corrected chi connectivity index (χ1v) is 11.1. The summed E-state index contributed by atoms with van der Waals surface area (Å²) in [6.45, 7) is 1.83. The molecule has 3 atom stereocenters. The van der Waals surface area contributed by atoms with Gasteiger partial charge in [0, 0.05) is 18.2 Å². The highest BCUT2D eigenvalue weighted by molar-refractivity contribution is 5.85. The first-order valence-electron chi connectivity index (χ1n) is 11.1. The molecule has 0 spiro atoms. The maximum atomic E-state index is 13.2. The molecule has 0 amide bonds. The van der Waals surface area contributed by atoms with Crippen molar-refractivity contribution in [2.75, 3.05) is 26.9 Å². The molecule has 1 heterocycles. The molecule has 2 aromatic carbocycles. The number of benzene rings is 2. The van der Waals surface area contributed by atoms with Crippen LogP contribution < -0.4 is 10.1 Å². The van der Waals surface area contributed by atoms with Gasteiger partial charge in [-0.3, -0.25) is 4.90 Å². The SMILES string of the molecule is COc1ccccc1CN[C@H]1CCCN(CCCCC(F)CF)[C@H]1c1ccccc1.Cl. The summed E-state index contributed by atoms with van der Waals surface area (Å²) in [7, 11) is 1.71. The Morgan fingerprint density at radius 2 is 1.84 bits per heavy atom. The number of alkyl halides is 2. The van der Waals surface area contributed by atoms with Gasteiger partial charge in [0.15, 0.2) is 0 Å². The number of rotatable bonds is 11. The number of ether oxygens (including phenoxy) is 1. The molecule has 0 saturated carbocycles. The maximum absolute atomic E-state index is 13.2. The fourth-order valence-electron chi connectivity index (χ4n) is 4.47. The smallest absolute Gasteiger partial charge is 0.128 e. The van der Waals surface area contributed by atoms with Crippen LogP contribution in [0.3, 0.4) is 0 Å². The van der Waals surface area contributed by atoms with Crippen LogP contribution in [-0.4, -0.2) is 44.0 Å². The molecular weight excluding hydrogens is 418 g/mol. The van der Waals surface area contributed by atoms with E-state index >= 15 is 0 Å². The zero-order valence-electron chi connectivity index (χ0n) is 18.3. The lowest BCUT2D eigenvalue weighted by molar-refractivity contribution is 0.107. The second-order valence-electron chi connectivity index (χ2n) is 8.08. The fourth-order valence-corrected chi connectivity index (χ4v) is 4.47. The summed E-state index contributed by atoms with van der Waals surface area (Å²) in [6.07, 6.45) is 2.86. The van der Waals surface area contributed by atoms with E-state index in [4.69, 9.17) is 4.74 Å². The van der Waals surface area contributed by atoms with Crippen LogP contribution in [0, 0.1) is 0 Å². The van der Waals surface area contributed by atoms with Gasteiger partial charge in [0.05, 0.1) is 13.2 Å². The van der Waals surface area contributed by atoms with Gasteiger partial charge in [0.1, 0.15) is 18.6 Å². The lowest BCUT2D eigenvalue weighted by Gasteiger charge is -2.42. The normalized spacial score (nSPS) is 20.1. The monoisotopic (exact) mass is 452 g/mol. The molecule has 3 rings (SSSR count). The van der Waals surface area contributed by atoms with Crippen LogP contribution in [0.4, 0.5) is 8.78 Å². The molecule has 172 valence electrons. The average molecular weight is 453 g/mol. The largest absolute Gasteiger partial charge is 0.496 e. The van der Waals surface area contributed by atoms with Crippen LogP contribution in [0.1, 0.15) is 49.3 Å².